The van der Waals surface area contributed by atoms with Crippen LogP contribution in [0.15, 0.2) is 47.7 Å². The van der Waals surface area contributed by atoms with Crippen LogP contribution in [0.3, 0.4) is 0 Å². The molecule has 5 heteroatoms. The smallest absolute Gasteiger partial charge is 0.298 e. The molecule has 0 spiro atoms. The van der Waals surface area contributed by atoms with Crippen LogP contribution in [0.4, 0.5) is 5.69 Å². The fourth-order valence-electron chi connectivity index (χ4n) is 2.47. The van der Waals surface area contributed by atoms with Crippen molar-refractivity contribution in [2.75, 3.05) is 5.73 Å². The van der Waals surface area contributed by atoms with Crippen molar-refractivity contribution in [1.29, 1.82) is 0 Å². The highest BCUT2D eigenvalue weighted by Crippen LogP contribution is 2.39. The predicted molar refractivity (Wildman–Crippen MR) is 77.2 cm³/mol. The maximum absolute atomic E-state index is 12.6. The normalized spacial score (nSPS) is 14.8. The number of nitrogens with two attached hydrogens (primary N) is 1. The molecule has 1 fully saturated rings. The molecular formula is C15H14N4O. The Morgan fingerprint density at radius 1 is 1.20 bits per heavy atom. The Kier molecular flexibility index (Phi) is 2.24. The van der Waals surface area contributed by atoms with E-state index in [1.165, 1.54) is 12.8 Å². The van der Waals surface area contributed by atoms with Crippen LogP contribution in [0.1, 0.15) is 24.5 Å². The quantitative estimate of drug-likeness (QED) is 0.721. The van der Waals surface area contributed by atoms with Gasteiger partial charge in [-0.25, -0.2) is 4.98 Å². The molecule has 4 rings (SSSR count). The van der Waals surface area contributed by atoms with Gasteiger partial charge in [-0.1, -0.05) is 12.1 Å². The van der Waals surface area contributed by atoms with E-state index in [9.17, 15) is 4.79 Å². The van der Waals surface area contributed by atoms with Crippen LogP contribution in [0.5, 0.6) is 0 Å². The lowest BCUT2D eigenvalue weighted by Crippen LogP contribution is -2.20. The summed E-state index contributed by atoms with van der Waals surface area (Å²) < 4.78 is 3.35. The standard InChI is InChI=1S/C15H14N4O/c16-11-3-1-2-4-13(11)19-8-7-18-9-12(10-5-6-10)17-14(18)15(19)20/h1-4,7-10H,5-6,16H2. The summed E-state index contributed by atoms with van der Waals surface area (Å²) in [5.74, 6) is 0.532. The summed E-state index contributed by atoms with van der Waals surface area (Å²) in [7, 11) is 0. The summed E-state index contributed by atoms with van der Waals surface area (Å²) in [6.45, 7) is 0. The zero-order valence-corrected chi connectivity index (χ0v) is 10.9. The minimum absolute atomic E-state index is 0.141. The van der Waals surface area contributed by atoms with Crippen molar-refractivity contribution in [3.05, 3.63) is 58.9 Å². The van der Waals surface area contributed by atoms with Gasteiger partial charge in [0.1, 0.15) is 0 Å². The third-order valence-electron chi connectivity index (χ3n) is 3.73. The largest absolute Gasteiger partial charge is 0.397 e. The average molecular weight is 266 g/mol. The molecule has 0 amide bonds. The van der Waals surface area contributed by atoms with Crippen molar-refractivity contribution in [3.8, 4) is 5.69 Å². The monoisotopic (exact) mass is 266 g/mol. The first-order valence-electron chi connectivity index (χ1n) is 6.69. The molecule has 100 valence electrons. The topological polar surface area (TPSA) is 65.3 Å². The summed E-state index contributed by atoms with van der Waals surface area (Å²) in [4.78, 5) is 17.0. The highest BCUT2D eigenvalue weighted by molar-refractivity contribution is 5.58. The molecule has 1 saturated carbocycles. The van der Waals surface area contributed by atoms with Crippen molar-refractivity contribution in [3.63, 3.8) is 0 Å². The van der Waals surface area contributed by atoms with Gasteiger partial charge in [0.2, 0.25) is 5.65 Å². The predicted octanol–water partition coefficient (Wildman–Crippen LogP) is 1.94. The highest BCUT2D eigenvalue weighted by atomic mass is 16.1. The van der Waals surface area contributed by atoms with Gasteiger partial charge in [0.25, 0.3) is 5.56 Å². The molecule has 20 heavy (non-hydrogen) atoms. The fourth-order valence-corrected chi connectivity index (χ4v) is 2.47. The van der Waals surface area contributed by atoms with Gasteiger partial charge in [0.05, 0.1) is 17.1 Å². The second kappa shape index (κ2) is 3.96. The van der Waals surface area contributed by atoms with E-state index in [2.05, 4.69) is 4.98 Å². The first kappa shape index (κ1) is 11.3. The molecule has 3 aromatic rings. The molecule has 0 saturated heterocycles. The first-order valence-corrected chi connectivity index (χ1v) is 6.69. The zero-order valence-electron chi connectivity index (χ0n) is 10.9. The van der Waals surface area contributed by atoms with E-state index in [0.29, 0.717) is 22.9 Å². The van der Waals surface area contributed by atoms with Crippen molar-refractivity contribution in [2.45, 2.75) is 18.8 Å². The van der Waals surface area contributed by atoms with Crippen LogP contribution < -0.4 is 11.3 Å². The van der Waals surface area contributed by atoms with Gasteiger partial charge in [0.15, 0.2) is 0 Å². The van der Waals surface area contributed by atoms with Gasteiger partial charge >= 0.3 is 0 Å². The third kappa shape index (κ3) is 1.63. The van der Waals surface area contributed by atoms with E-state index in [4.69, 9.17) is 5.73 Å². The lowest BCUT2D eigenvalue weighted by atomic mass is 10.2. The third-order valence-corrected chi connectivity index (χ3v) is 3.73. The highest BCUT2D eigenvalue weighted by Gasteiger charge is 2.26. The van der Waals surface area contributed by atoms with Crippen LogP contribution in [-0.4, -0.2) is 14.0 Å². The van der Waals surface area contributed by atoms with Crippen LogP contribution in [0.2, 0.25) is 0 Å². The summed E-state index contributed by atoms with van der Waals surface area (Å²) >= 11 is 0. The SMILES string of the molecule is Nc1ccccc1-n1ccn2cc(C3CC3)nc2c1=O. The molecule has 0 unspecified atom stereocenters. The van der Waals surface area contributed by atoms with E-state index in [1.807, 2.05) is 30.6 Å². The van der Waals surface area contributed by atoms with Crippen LogP contribution >= 0.6 is 0 Å². The van der Waals surface area contributed by atoms with Gasteiger partial charge < -0.3 is 10.1 Å². The van der Waals surface area contributed by atoms with Crippen molar-refractivity contribution < 1.29 is 0 Å². The number of benzene rings is 1. The Morgan fingerprint density at radius 2 is 2.00 bits per heavy atom. The van der Waals surface area contributed by atoms with Crippen molar-refractivity contribution in [1.82, 2.24) is 14.0 Å². The second-order valence-corrected chi connectivity index (χ2v) is 5.20. The second-order valence-electron chi connectivity index (χ2n) is 5.20. The van der Waals surface area contributed by atoms with E-state index in [0.717, 1.165) is 5.69 Å². The Balaban J connectivity index is 1.95. The molecule has 0 aliphatic heterocycles. The number of imidazole rings is 1. The Morgan fingerprint density at radius 3 is 2.75 bits per heavy atom. The molecule has 5 nitrogen and oxygen atoms in total. The number of fused-ring (bicyclic) bond motifs is 1. The lowest BCUT2D eigenvalue weighted by Gasteiger charge is -2.08. The van der Waals surface area contributed by atoms with E-state index in [1.54, 1.807) is 21.2 Å². The van der Waals surface area contributed by atoms with Crippen LogP contribution in [-0.2, 0) is 0 Å². The van der Waals surface area contributed by atoms with Crippen molar-refractivity contribution in [2.24, 2.45) is 0 Å². The molecule has 1 aliphatic rings. The van der Waals surface area contributed by atoms with Crippen molar-refractivity contribution >= 4 is 11.3 Å². The number of rotatable bonds is 2. The summed E-state index contributed by atoms with van der Waals surface area (Å²) in [5.41, 5.74) is 8.54. The maximum atomic E-state index is 12.6. The minimum Gasteiger partial charge on any atom is -0.397 e. The molecule has 2 N–H and O–H groups in total. The molecule has 2 heterocycles. The average Bonchev–Trinajstić information content (AvgIpc) is 3.20. The molecule has 0 bridgehead atoms. The van der Waals surface area contributed by atoms with Gasteiger partial charge in [0, 0.05) is 24.5 Å². The van der Waals surface area contributed by atoms with Gasteiger partial charge in [-0.3, -0.25) is 9.36 Å². The van der Waals surface area contributed by atoms with E-state index < -0.39 is 0 Å². The lowest BCUT2D eigenvalue weighted by molar-refractivity contribution is 0.952. The molecule has 1 aromatic carbocycles. The fraction of sp³-hybridized carbons (Fsp3) is 0.200. The first-order chi connectivity index (χ1) is 9.74. The number of para-hydroxylation sites is 2. The van der Waals surface area contributed by atoms with Gasteiger partial charge in [-0.2, -0.15) is 0 Å². The number of aromatic nitrogens is 3. The molecule has 0 radical (unpaired) electrons. The molecular weight excluding hydrogens is 252 g/mol. The summed E-state index contributed by atoms with van der Waals surface area (Å²) in [6, 6.07) is 7.33. The number of nitrogen functional groups attached to an aromatic ring is 1. The minimum atomic E-state index is -0.141. The van der Waals surface area contributed by atoms with Gasteiger partial charge in [-0.05, 0) is 25.0 Å². The number of hydrogen-bond donors (Lipinski definition) is 1. The molecule has 0 atom stereocenters. The summed E-state index contributed by atoms with van der Waals surface area (Å²) in [6.07, 6.45) is 7.88. The van der Waals surface area contributed by atoms with Gasteiger partial charge in [-0.15, -0.1) is 0 Å². The Hall–Kier alpha value is -2.56. The Bertz CT molecular complexity index is 858. The number of nitrogens with zero attached hydrogens (tertiary/aromatic N) is 3. The zero-order chi connectivity index (χ0) is 13.7. The number of anilines is 1. The summed E-state index contributed by atoms with van der Waals surface area (Å²) in [5, 5.41) is 0. The van der Waals surface area contributed by atoms with Crippen LogP contribution in [0, 0.1) is 0 Å². The molecule has 1 aliphatic carbocycles. The molecule has 2 aromatic heterocycles. The van der Waals surface area contributed by atoms with Crippen LogP contribution in [0.25, 0.3) is 11.3 Å². The van der Waals surface area contributed by atoms with E-state index in [-0.39, 0.29) is 5.56 Å². The maximum Gasteiger partial charge on any atom is 0.298 e. The number of hydrogen-bond acceptors (Lipinski definition) is 3. The Labute approximate surface area is 115 Å². The van der Waals surface area contributed by atoms with E-state index >= 15 is 0 Å².